The summed E-state index contributed by atoms with van der Waals surface area (Å²) in [6.45, 7) is 8.43. The van der Waals surface area contributed by atoms with Crippen molar-refractivity contribution < 1.29 is 4.74 Å². The molecule has 0 aromatic heterocycles. The van der Waals surface area contributed by atoms with Crippen molar-refractivity contribution in [1.82, 2.24) is 15.5 Å². The Bertz CT molecular complexity index is 533. The molecule has 1 aliphatic heterocycles. The van der Waals surface area contributed by atoms with Crippen LogP contribution in [0.1, 0.15) is 51.0 Å². The summed E-state index contributed by atoms with van der Waals surface area (Å²) in [6.07, 6.45) is 7.95. The number of ether oxygens (including phenoxy) is 1. The summed E-state index contributed by atoms with van der Waals surface area (Å²) in [5.74, 6) is 1.78. The van der Waals surface area contributed by atoms with Crippen molar-refractivity contribution in [2.45, 2.75) is 52.0 Å². The fourth-order valence-electron chi connectivity index (χ4n) is 3.37. The van der Waals surface area contributed by atoms with Crippen LogP contribution in [0.15, 0.2) is 29.3 Å². The highest BCUT2D eigenvalue weighted by molar-refractivity contribution is 14.0. The number of methoxy groups -OCH3 is 1. The number of unbranched alkanes of at least 4 members (excludes halogenated alkanes) is 2. The molecule has 1 aromatic carbocycles. The SMILES string of the molecule is CCNC(=NCc1ccccc1OC)NCCCCCN1CCCCC1.I. The van der Waals surface area contributed by atoms with Crippen LogP contribution < -0.4 is 15.4 Å². The number of nitrogens with zero attached hydrogens (tertiary/aromatic N) is 2. The van der Waals surface area contributed by atoms with Gasteiger partial charge in [-0.2, -0.15) is 0 Å². The van der Waals surface area contributed by atoms with Crippen molar-refractivity contribution >= 4 is 29.9 Å². The number of aliphatic imine (C=N–C) groups is 1. The summed E-state index contributed by atoms with van der Waals surface area (Å²) in [4.78, 5) is 7.31. The second-order valence-corrected chi connectivity index (χ2v) is 6.90. The number of hydrogen-bond donors (Lipinski definition) is 2. The highest BCUT2D eigenvalue weighted by atomic mass is 127. The number of para-hydroxylation sites is 1. The molecule has 154 valence electrons. The molecule has 0 amide bonds. The number of benzene rings is 1. The summed E-state index contributed by atoms with van der Waals surface area (Å²) in [5, 5.41) is 6.77. The standard InChI is InChI=1S/C21H36N4O.HI/c1-3-22-21(24-18-19-12-6-7-13-20(19)26-2)23-14-8-4-9-15-25-16-10-5-11-17-25;/h6-7,12-13H,3-5,8-11,14-18H2,1-2H3,(H2,22,23,24);1H. The molecule has 0 bridgehead atoms. The molecule has 0 unspecified atom stereocenters. The molecule has 0 spiro atoms. The average Bonchev–Trinajstić information content (AvgIpc) is 2.69. The van der Waals surface area contributed by atoms with Gasteiger partial charge in [-0.1, -0.05) is 31.0 Å². The number of hydrogen-bond acceptors (Lipinski definition) is 3. The first-order chi connectivity index (χ1) is 12.8. The average molecular weight is 488 g/mol. The largest absolute Gasteiger partial charge is 0.496 e. The molecule has 27 heavy (non-hydrogen) atoms. The van der Waals surface area contributed by atoms with Crippen LogP contribution >= 0.6 is 24.0 Å². The quantitative estimate of drug-likeness (QED) is 0.226. The minimum atomic E-state index is 0. The van der Waals surface area contributed by atoms with Gasteiger partial charge in [0.1, 0.15) is 5.75 Å². The van der Waals surface area contributed by atoms with E-state index in [-0.39, 0.29) is 24.0 Å². The third-order valence-corrected chi connectivity index (χ3v) is 4.84. The highest BCUT2D eigenvalue weighted by Gasteiger charge is 2.08. The van der Waals surface area contributed by atoms with E-state index in [1.54, 1.807) is 7.11 Å². The lowest BCUT2D eigenvalue weighted by Gasteiger charge is -2.26. The third-order valence-electron chi connectivity index (χ3n) is 4.84. The van der Waals surface area contributed by atoms with Gasteiger partial charge in [0.15, 0.2) is 5.96 Å². The van der Waals surface area contributed by atoms with E-state index in [9.17, 15) is 0 Å². The minimum Gasteiger partial charge on any atom is -0.496 e. The normalized spacial score (nSPS) is 15.1. The van der Waals surface area contributed by atoms with Gasteiger partial charge in [0, 0.05) is 18.7 Å². The van der Waals surface area contributed by atoms with Crippen molar-refractivity contribution in [3.8, 4) is 5.75 Å². The fraction of sp³-hybridized carbons (Fsp3) is 0.667. The van der Waals surface area contributed by atoms with Gasteiger partial charge < -0.3 is 20.3 Å². The summed E-state index contributed by atoms with van der Waals surface area (Å²) < 4.78 is 5.40. The molecule has 2 N–H and O–H groups in total. The highest BCUT2D eigenvalue weighted by Crippen LogP contribution is 2.17. The first-order valence-corrected chi connectivity index (χ1v) is 10.2. The zero-order valence-corrected chi connectivity index (χ0v) is 19.3. The maximum atomic E-state index is 5.40. The molecular formula is C21H37IN4O. The van der Waals surface area contributed by atoms with Crippen LogP contribution in [-0.4, -0.2) is 50.7 Å². The summed E-state index contributed by atoms with van der Waals surface area (Å²) in [5.41, 5.74) is 1.11. The lowest BCUT2D eigenvalue weighted by molar-refractivity contribution is 0.224. The van der Waals surface area contributed by atoms with Gasteiger partial charge in [0.2, 0.25) is 0 Å². The van der Waals surface area contributed by atoms with E-state index in [2.05, 4.69) is 33.5 Å². The molecule has 2 rings (SSSR count). The molecule has 1 heterocycles. The van der Waals surface area contributed by atoms with Gasteiger partial charge in [0.25, 0.3) is 0 Å². The van der Waals surface area contributed by atoms with Crippen LogP contribution in [0.2, 0.25) is 0 Å². The Labute approximate surface area is 182 Å². The van der Waals surface area contributed by atoms with Gasteiger partial charge in [-0.15, -0.1) is 24.0 Å². The monoisotopic (exact) mass is 488 g/mol. The van der Waals surface area contributed by atoms with Crippen LogP contribution in [0.25, 0.3) is 0 Å². The Balaban J connectivity index is 0.00000364. The van der Waals surface area contributed by atoms with Crippen LogP contribution in [0.4, 0.5) is 0 Å². The predicted octanol–water partition coefficient (Wildman–Crippen LogP) is 4.02. The number of halogens is 1. The topological polar surface area (TPSA) is 48.9 Å². The molecule has 1 fully saturated rings. The molecule has 1 aliphatic rings. The molecule has 5 nitrogen and oxygen atoms in total. The molecule has 6 heteroatoms. The molecule has 0 atom stereocenters. The number of guanidine groups is 1. The van der Waals surface area contributed by atoms with E-state index in [4.69, 9.17) is 4.74 Å². The minimum absolute atomic E-state index is 0. The van der Waals surface area contributed by atoms with Crippen molar-refractivity contribution in [1.29, 1.82) is 0 Å². The van der Waals surface area contributed by atoms with E-state index < -0.39 is 0 Å². The van der Waals surface area contributed by atoms with E-state index in [0.717, 1.165) is 30.4 Å². The zero-order valence-electron chi connectivity index (χ0n) is 17.0. The van der Waals surface area contributed by atoms with Gasteiger partial charge in [-0.3, -0.25) is 0 Å². The first-order valence-electron chi connectivity index (χ1n) is 10.2. The zero-order chi connectivity index (χ0) is 18.5. The molecule has 0 radical (unpaired) electrons. The second kappa shape index (κ2) is 15.0. The van der Waals surface area contributed by atoms with E-state index in [0.29, 0.717) is 6.54 Å². The first kappa shape index (κ1) is 24.0. The van der Waals surface area contributed by atoms with Crippen LogP contribution in [0.5, 0.6) is 5.75 Å². The molecule has 0 aliphatic carbocycles. The van der Waals surface area contributed by atoms with Gasteiger partial charge in [-0.25, -0.2) is 4.99 Å². The second-order valence-electron chi connectivity index (χ2n) is 6.90. The molecule has 1 aromatic rings. The number of rotatable bonds is 10. The Hall–Kier alpha value is -1.02. The predicted molar refractivity (Wildman–Crippen MR) is 125 cm³/mol. The van der Waals surface area contributed by atoms with Gasteiger partial charge >= 0.3 is 0 Å². The van der Waals surface area contributed by atoms with Crippen molar-refractivity contribution in [2.75, 3.05) is 39.8 Å². The number of nitrogens with one attached hydrogen (secondary N) is 2. The maximum Gasteiger partial charge on any atom is 0.191 e. The lowest BCUT2D eigenvalue weighted by Crippen LogP contribution is -2.37. The smallest absolute Gasteiger partial charge is 0.191 e. The Kier molecular flexibility index (Phi) is 13.3. The van der Waals surface area contributed by atoms with Gasteiger partial charge in [0.05, 0.1) is 13.7 Å². The fourth-order valence-corrected chi connectivity index (χ4v) is 3.37. The summed E-state index contributed by atoms with van der Waals surface area (Å²) >= 11 is 0. The summed E-state index contributed by atoms with van der Waals surface area (Å²) in [7, 11) is 1.70. The van der Waals surface area contributed by atoms with E-state index in [1.807, 2.05) is 18.2 Å². The summed E-state index contributed by atoms with van der Waals surface area (Å²) in [6, 6.07) is 8.05. The molecule has 1 saturated heterocycles. The molecule has 0 saturated carbocycles. The Morgan fingerprint density at radius 1 is 1.07 bits per heavy atom. The van der Waals surface area contributed by atoms with E-state index in [1.165, 1.54) is 58.2 Å². The molecular weight excluding hydrogens is 451 g/mol. The Morgan fingerprint density at radius 3 is 2.59 bits per heavy atom. The third kappa shape index (κ3) is 9.65. The maximum absolute atomic E-state index is 5.40. The van der Waals surface area contributed by atoms with Gasteiger partial charge in [-0.05, 0) is 58.3 Å². The van der Waals surface area contributed by atoms with Crippen LogP contribution in [-0.2, 0) is 6.54 Å². The van der Waals surface area contributed by atoms with E-state index >= 15 is 0 Å². The lowest BCUT2D eigenvalue weighted by atomic mass is 10.1. The number of piperidine rings is 1. The van der Waals surface area contributed by atoms with Crippen molar-refractivity contribution in [3.63, 3.8) is 0 Å². The Morgan fingerprint density at radius 2 is 1.85 bits per heavy atom. The number of likely N-dealkylation sites (tertiary alicyclic amines) is 1. The van der Waals surface area contributed by atoms with Crippen LogP contribution in [0, 0.1) is 0 Å². The van der Waals surface area contributed by atoms with Crippen LogP contribution in [0.3, 0.4) is 0 Å². The van der Waals surface area contributed by atoms with Crippen molar-refractivity contribution in [2.24, 2.45) is 4.99 Å². The van der Waals surface area contributed by atoms with Crippen molar-refractivity contribution in [3.05, 3.63) is 29.8 Å².